The van der Waals surface area contributed by atoms with Gasteiger partial charge in [-0.15, -0.1) is 0 Å². The number of rotatable bonds is 2. The molecule has 2 atom stereocenters. The molecule has 1 aliphatic carbocycles. The van der Waals surface area contributed by atoms with Crippen LogP contribution < -0.4 is 5.32 Å². The Labute approximate surface area is 134 Å². The van der Waals surface area contributed by atoms with E-state index in [-0.39, 0.29) is 0 Å². The van der Waals surface area contributed by atoms with E-state index < -0.39 is 0 Å². The van der Waals surface area contributed by atoms with Crippen molar-refractivity contribution in [2.75, 3.05) is 6.54 Å². The maximum absolute atomic E-state index is 4.00. The summed E-state index contributed by atoms with van der Waals surface area (Å²) in [5.41, 5.74) is 0.581. The lowest BCUT2D eigenvalue weighted by Gasteiger charge is -2.38. The first-order valence-electron chi connectivity index (χ1n) is 9.97. The molecule has 2 heteroatoms. The molecule has 2 rings (SSSR count). The molecule has 0 aromatic heterocycles. The predicted octanol–water partition coefficient (Wildman–Crippen LogP) is 4.72. The van der Waals surface area contributed by atoms with Gasteiger partial charge in [0.2, 0.25) is 0 Å². The van der Waals surface area contributed by atoms with Gasteiger partial charge in [-0.05, 0) is 50.0 Å². The molecule has 0 aromatic carbocycles. The molecule has 21 heavy (non-hydrogen) atoms. The summed E-state index contributed by atoms with van der Waals surface area (Å²) in [7, 11) is 2.42. The van der Waals surface area contributed by atoms with E-state index in [4.69, 9.17) is 0 Å². The first kappa shape index (κ1) is 17.4. The number of hydrogen-bond acceptors (Lipinski definition) is 1. The van der Waals surface area contributed by atoms with Crippen molar-refractivity contribution in [2.45, 2.75) is 103 Å². The molecule has 1 aliphatic heterocycles. The lowest BCUT2D eigenvalue weighted by molar-refractivity contribution is 0.186. The van der Waals surface area contributed by atoms with Crippen LogP contribution in [-0.2, 0) is 0 Å². The van der Waals surface area contributed by atoms with E-state index in [0.717, 1.165) is 12.0 Å². The first-order chi connectivity index (χ1) is 10.2. The number of hydrogen-bond donors (Lipinski definition) is 1. The smallest absolute Gasteiger partial charge is 0.102 e. The summed E-state index contributed by atoms with van der Waals surface area (Å²) in [6.45, 7) is 3.83. The third-order valence-corrected chi connectivity index (χ3v) is 6.40. The highest BCUT2D eigenvalue weighted by atomic mass is 14.9. The minimum absolute atomic E-state index is 0.581. The van der Waals surface area contributed by atoms with E-state index in [2.05, 4.69) is 20.1 Å². The van der Waals surface area contributed by atoms with Crippen molar-refractivity contribution in [1.82, 2.24) is 5.32 Å². The van der Waals surface area contributed by atoms with Gasteiger partial charge in [0.15, 0.2) is 0 Å². The van der Waals surface area contributed by atoms with Crippen LogP contribution in [0.15, 0.2) is 0 Å². The summed E-state index contributed by atoms with van der Waals surface area (Å²) in [6, 6.07) is 0.797. The van der Waals surface area contributed by atoms with Gasteiger partial charge in [-0.3, -0.25) is 0 Å². The second-order valence-electron chi connectivity index (χ2n) is 8.20. The Hall–Kier alpha value is 0.0249. The fourth-order valence-corrected chi connectivity index (χ4v) is 4.57. The van der Waals surface area contributed by atoms with Crippen molar-refractivity contribution in [3.05, 3.63) is 0 Å². The fraction of sp³-hybridized carbons (Fsp3) is 1.00. The van der Waals surface area contributed by atoms with E-state index in [0.29, 0.717) is 5.41 Å². The van der Waals surface area contributed by atoms with Crippen molar-refractivity contribution in [1.29, 1.82) is 0 Å². The van der Waals surface area contributed by atoms with Gasteiger partial charge in [-0.25, -0.2) is 0 Å². The van der Waals surface area contributed by atoms with Crippen molar-refractivity contribution in [3.8, 4) is 0 Å². The minimum atomic E-state index is 0.581. The molecule has 2 fully saturated rings. The van der Waals surface area contributed by atoms with Gasteiger partial charge in [-0.2, -0.15) is 0 Å². The molecule has 1 heterocycles. The lowest BCUT2D eigenvalue weighted by atomic mass is 9.67. The summed E-state index contributed by atoms with van der Waals surface area (Å²) in [5, 5.41) is 4.00. The van der Waals surface area contributed by atoms with Crippen LogP contribution in [0.25, 0.3) is 0 Å². The van der Waals surface area contributed by atoms with Crippen molar-refractivity contribution >= 4 is 7.85 Å². The number of nitrogens with one attached hydrogen (secondary N) is 1. The normalized spacial score (nSPS) is 34.8. The Morgan fingerprint density at radius 3 is 2.24 bits per heavy atom. The quantitative estimate of drug-likeness (QED) is 0.726. The zero-order valence-corrected chi connectivity index (χ0v) is 14.8. The molecular formula is C19H38BN. The Morgan fingerprint density at radius 2 is 1.52 bits per heavy atom. The monoisotopic (exact) mass is 291 g/mol. The Bertz CT molecular complexity index is 273. The molecule has 0 amide bonds. The molecule has 0 radical (unpaired) electrons. The largest absolute Gasteiger partial charge is 0.314 e. The molecule has 0 bridgehead atoms. The maximum Gasteiger partial charge on any atom is 0.102 e. The topological polar surface area (TPSA) is 12.0 Å². The summed E-state index contributed by atoms with van der Waals surface area (Å²) < 4.78 is 0. The molecule has 122 valence electrons. The molecule has 0 spiro atoms. The van der Waals surface area contributed by atoms with E-state index in [1.807, 2.05) is 0 Å². The van der Waals surface area contributed by atoms with Crippen LogP contribution in [0, 0.1) is 11.3 Å². The third kappa shape index (κ3) is 5.97. The Morgan fingerprint density at radius 1 is 0.905 bits per heavy atom. The van der Waals surface area contributed by atoms with E-state index in [9.17, 15) is 0 Å². The van der Waals surface area contributed by atoms with Crippen LogP contribution in [0.4, 0.5) is 0 Å². The molecule has 2 aliphatic rings. The molecule has 1 saturated carbocycles. The zero-order chi connectivity index (χ0) is 15.0. The minimum Gasteiger partial charge on any atom is -0.314 e. The highest BCUT2D eigenvalue weighted by Crippen LogP contribution is 2.38. The second kappa shape index (κ2) is 9.23. The van der Waals surface area contributed by atoms with Gasteiger partial charge in [0, 0.05) is 6.04 Å². The molecule has 1 saturated heterocycles. The van der Waals surface area contributed by atoms with Gasteiger partial charge < -0.3 is 5.32 Å². The first-order valence-corrected chi connectivity index (χ1v) is 9.97. The fourth-order valence-electron chi connectivity index (χ4n) is 4.57. The summed E-state index contributed by atoms with van der Waals surface area (Å²) in [5.74, 6) is 0.954. The van der Waals surface area contributed by atoms with Crippen molar-refractivity contribution in [3.63, 3.8) is 0 Å². The Kier molecular flexibility index (Phi) is 7.64. The third-order valence-electron chi connectivity index (χ3n) is 6.40. The van der Waals surface area contributed by atoms with Gasteiger partial charge in [0.05, 0.1) is 0 Å². The summed E-state index contributed by atoms with van der Waals surface area (Å²) in [6.07, 6.45) is 20.3. The van der Waals surface area contributed by atoms with Crippen molar-refractivity contribution in [2.24, 2.45) is 11.3 Å². The van der Waals surface area contributed by atoms with Crippen LogP contribution in [0.5, 0.6) is 0 Å². The van der Waals surface area contributed by atoms with E-state index in [1.54, 1.807) is 0 Å². The zero-order valence-electron chi connectivity index (χ0n) is 14.8. The van der Waals surface area contributed by atoms with Gasteiger partial charge in [0.1, 0.15) is 7.85 Å². The molecule has 0 aromatic rings. The maximum atomic E-state index is 4.00. The molecule has 1 N–H and O–H groups in total. The van der Waals surface area contributed by atoms with Crippen LogP contribution in [0.2, 0.25) is 6.32 Å². The predicted molar refractivity (Wildman–Crippen MR) is 96.8 cm³/mol. The highest BCUT2D eigenvalue weighted by Gasteiger charge is 2.30. The van der Waals surface area contributed by atoms with Crippen LogP contribution >= 0.6 is 0 Å². The van der Waals surface area contributed by atoms with E-state index in [1.165, 1.54) is 96.3 Å². The highest BCUT2D eigenvalue weighted by molar-refractivity contribution is 6.08. The molecular weight excluding hydrogens is 253 g/mol. The van der Waals surface area contributed by atoms with Crippen LogP contribution in [-0.4, -0.2) is 20.4 Å². The Balaban J connectivity index is 2.00. The lowest BCUT2D eigenvalue weighted by Crippen LogP contribution is -2.41. The summed E-state index contributed by atoms with van der Waals surface area (Å²) >= 11 is 0. The van der Waals surface area contributed by atoms with Crippen LogP contribution in [0.3, 0.4) is 0 Å². The van der Waals surface area contributed by atoms with Crippen LogP contribution in [0.1, 0.15) is 90.4 Å². The van der Waals surface area contributed by atoms with Gasteiger partial charge in [-0.1, -0.05) is 64.6 Å². The van der Waals surface area contributed by atoms with Crippen molar-refractivity contribution < 1.29 is 0 Å². The van der Waals surface area contributed by atoms with Gasteiger partial charge >= 0.3 is 0 Å². The standard InChI is InChI=1S/C19H38BN/c1-19(16-20)13-9-5-6-10-14-21-18(15-19)17-11-7-3-2-4-8-12-17/h17-18,21H,2-16,20H2,1H3. The SMILES string of the molecule is BCC1(C)CCCCCCNC(C2CCCCCCC2)C1. The summed E-state index contributed by atoms with van der Waals surface area (Å²) in [4.78, 5) is 0. The average Bonchev–Trinajstić information content (AvgIpc) is 2.45. The second-order valence-corrected chi connectivity index (χ2v) is 8.20. The average molecular weight is 291 g/mol. The molecule has 2 unspecified atom stereocenters. The van der Waals surface area contributed by atoms with E-state index >= 15 is 0 Å². The molecule has 1 nitrogen and oxygen atoms in total. The van der Waals surface area contributed by atoms with Gasteiger partial charge in [0.25, 0.3) is 0 Å².